The molecule has 0 radical (unpaired) electrons. The summed E-state index contributed by atoms with van der Waals surface area (Å²) in [5.74, 6) is 0.719. The van der Waals surface area contributed by atoms with Gasteiger partial charge in [0, 0.05) is 19.3 Å². The number of rotatable bonds is 6. The molecule has 19 heavy (non-hydrogen) atoms. The summed E-state index contributed by atoms with van der Waals surface area (Å²) in [5.41, 5.74) is 0. The molecule has 1 aromatic heterocycles. The quantitative estimate of drug-likeness (QED) is 0.858. The van der Waals surface area contributed by atoms with Gasteiger partial charge in [0.05, 0.1) is 18.1 Å². The highest BCUT2D eigenvalue weighted by Crippen LogP contribution is 2.12. The maximum atomic E-state index is 11.8. The van der Waals surface area contributed by atoms with Crippen LogP contribution in [0, 0.1) is 0 Å². The number of nitrogens with one attached hydrogen (secondary N) is 1. The second-order valence-corrected chi connectivity index (χ2v) is 6.82. The topological polar surface area (TPSA) is 79.6 Å². The van der Waals surface area contributed by atoms with Crippen LogP contribution >= 0.6 is 0 Å². The van der Waals surface area contributed by atoms with E-state index in [1.165, 1.54) is 11.2 Å². The van der Waals surface area contributed by atoms with Crippen molar-refractivity contribution in [2.45, 2.75) is 19.9 Å². The van der Waals surface area contributed by atoms with Crippen LogP contribution in [0.4, 0.5) is 4.79 Å². The first-order valence-electron chi connectivity index (χ1n) is 6.11. The number of nitrogens with zero attached hydrogens (tertiary/aromatic N) is 1. The molecule has 108 valence electrons. The Bertz CT molecular complexity index is 496. The molecule has 0 aromatic carbocycles. The van der Waals surface area contributed by atoms with Crippen LogP contribution in [0.15, 0.2) is 22.8 Å². The summed E-state index contributed by atoms with van der Waals surface area (Å²) in [5, 5.41) is 2.73. The highest BCUT2D eigenvalue weighted by molar-refractivity contribution is 7.91. The van der Waals surface area contributed by atoms with Crippen LogP contribution in [0.3, 0.4) is 0 Å². The molecule has 0 aliphatic heterocycles. The van der Waals surface area contributed by atoms with Gasteiger partial charge in [0.15, 0.2) is 9.84 Å². The first-order chi connectivity index (χ1) is 8.85. The van der Waals surface area contributed by atoms with E-state index in [1.807, 2.05) is 0 Å². The Kier molecular flexibility index (Phi) is 5.41. The normalized spacial score (nSPS) is 13.0. The van der Waals surface area contributed by atoms with Crippen molar-refractivity contribution in [3.05, 3.63) is 24.2 Å². The molecule has 0 bridgehead atoms. The maximum Gasteiger partial charge on any atom is 0.317 e. The molecule has 1 rings (SSSR count). The average Bonchev–Trinajstić information content (AvgIpc) is 2.89. The van der Waals surface area contributed by atoms with Crippen molar-refractivity contribution in [2.24, 2.45) is 0 Å². The fourth-order valence-electron chi connectivity index (χ4n) is 1.43. The average molecular weight is 288 g/mol. The van der Waals surface area contributed by atoms with Crippen molar-refractivity contribution >= 4 is 15.9 Å². The number of sulfone groups is 1. The molecule has 0 fully saturated rings. The number of amides is 2. The first-order valence-corrected chi connectivity index (χ1v) is 7.93. The number of hydrogen-bond donors (Lipinski definition) is 1. The first kappa shape index (κ1) is 15.6. The van der Waals surface area contributed by atoms with Crippen molar-refractivity contribution in [1.82, 2.24) is 10.2 Å². The lowest BCUT2D eigenvalue weighted by molar-refractivity contribution is 0.206. The van der Waals surface area contributed by atoms with Crippen LogP contribution in [0.2, 0.25) is 0 Å². The largest absolute Gasteiger partial charge is 0.467 e. The van der Waals surface area contributed by atoms with Gasteiger partial charge >= 0.3 is 6.03 Å². The lowest BCUT2D eigenvalue weighted by Crippen LogP contribution is -2.40. The maximum absolute atomic E-state index is 11.8. The number of hydrogen-bond acceptors (Lipinski definition) is 4. The summed E-state index contributed by atoms with van der Waals surface area (Å²) < 4.78 is 27.9. The van der Waals surface area contributed by atoms with E-state index in [1.54, 1.807) is 33.0 Å². The molecule has 0 aliphatic carbocycles. The molecule has 2 amide bonds. The van der Waals surface area contributed by atoms with Crippen molar-refractivity contribution in [3.8, 4) is 0 Å². The zero-order chi connectivity index (χ0) is 14.5. The lowest BCUT2D eigenvalue weighted by Gasteiger charge is -2.20. The third kappa shape index (κ3) is 4.94. The third-order valence-corrected chi connectivity index (χ3v) is 4.52. The Hall–Kier alpha value is -1.50. The predicted octanol–water partition coefficient (Wildman–Crippen LogP) is 1.42. The van der Waals surface area contributed by atoms with Crippen LogP contribution in [0.5, 0.6) is 0 Å². The van der Waals surface area contributed by atoms with Crippen LogP contribution in [0.25, 0.3) is 0 Å². The number of furan rings is 1. The molecule has 7 heteroatoms. The van der Waals surface area contributed by atoms with Gasteiger partial charge in [-0.15, -0.1) is 0 Å². The van der Waals surface area contributed by atoms with Crippen molar-refractivity contribution in [2.75, 3.05) is 25.1 Å². The Morgan fingerprint density at radius 1 is 1.53 bits per heavy atom. The summed E-state index contributed by atoms with van der Waals surface area (Å²) in [4.78, 5) is 13.2. The molecule has 0 saturated heterocycles. The minimum atomic E-state index is -3.06. The molecule has 0 aliphatic rings. The van der Waals surface area contributed by atoms with Crippen LogP contribution < -0.4 is 5.32 Å². The van der Waals surface area contributed by atoms with Gasteiger partial charge < -0.3 is 14.6 Å². The van der Waals surface area contributed by atoms with E-state index in [2.05, 4.69) is 5.32 Å². The summed E-state index contributed by atoms with van der Waals surface area (Å²) in [6, 6.07) is 2.94. The molecule has 0 spiro atoms. The molecule has 0 saturated carbocycles. The Morgan fingerprint density at radius 2 is 2.21 bits per heavy atom. The van der Waals surface area contributed by atoms with E-state index in [9.17, 15) is 13.2 Å². The lowest BCUT2D eigenvalue weighted by atomic mass is 10.2. The molecule has 0 unspecified atom stereocenters. The zero-order valence-electron chi connectivity index (χ0n) is 11.4. The van der Waals surface area contributed by atoms with Gasteiger partial charge in [-0.1, -0.05) is 6.92 Å². The highest BCUT2D eigenvalue weighted by atomic mass is 32.2. The Morgan fingerprint density at radius 3 is 2.74 bits per heavy atom. The summed E-state index contributed by atoms with van der Waals surface area (Å²) in [6.45, 7) is 3.56. The summed E-state index contributed by atoms with van der Waals surface area (Å²) in [7, 11) is -1.50. The molecule has 1 atom stereocenters. The summed E-state index contributed by atoms with van der Waals surface area (Å²) >= 11 is 0. The fraction of sp³-hybridized carbons (Fsp3) is 0.583. The van der Waals surface area contributed by atoms with Gasteiger partial charge in [-0.3, -0.25) is 0 Å². The van der Waals surface area contributed by atoms with E-state index in [0.717, 1.165) is 0 Å². The minimum absolute atomic E-state index is 0.0252. The number of carbonyl (C=O) groups excluding carboxylic acids is 1. The van der Waals surface area contributed by atoms with Crippen molar-refractivity contribution in [1.29, 1.82) is 0 Å². The van der Waals surface area contributed by atoms with Crippen molar-refractivity contribution in [3.63, 3.8) is 0 Å². The third-order valence-electron chi connectivity index (χ3n) is 2.83. The molecular weight excluding hydrogens is 268 g/mol. The standard InChI is InChI=1S/C12H20N2O4S/c1-4-19(16,17)9-7-14(3)12(15)13-10(2)11-6-5-8-18-11/h5-6,8,10H,4,7,9H2,1-3H3,(H,13,15)/t10-/m0/s1. The molecular formula is C12H20N2O4S. The monoisotopic (exact) mass is 288 g/mol. The predicted molar refractivity (Wildman–Crippen MR) is 72.6 cm³/mol. The summed E-state index contributed by atoms with van der Waals surface area (Å²) in [6.07, 6.45) is 1.54. The van der Waals surface area contributed by atoms with E-state index in [-0.39, 0.29) is 30.1 Å². The van der Waals surface area contributed by atoms with Crippen LogP contribution in [-0.2, 0) is 9.84 Å². The van der Waals surface area contributed by atoms with Crippen LogP contribution in [-0.4, -0.2) is 44.4 Å². The second-order valence-electron chi connectivity index (χ2n) is 4.34. The Balaban J connectivity index is 2.45. The van der Waals surface area contributed by atoms with E-state index in [0.29, 0.717) is 5.76 Å². The Labute approximate surface area is 113 Å². The molecule has 1 heterocycles. The molecule has 1 aromatic rings. The van der Waals surface area contributed by atoms with Gasteiger partial charge in [-0.2, -0.15) is 0 Å². The minimum Gasteiger partial charge on any atom is -0.467 e. The SMILES string of the molecule is CCS(=O)(=O)CCN(C)C(=O)N[C@@H](C)c1ccco1. The van der Waals surface area contributed by atoms with E-state index in [4.69, 9.17) is 4.42 Å². The fourth-order valence-corrected chi connectivity index (χ4v) is 2.27. The van der Waals surface area contributed by atoms with Gasteiger partial charge in [0.2, 0.25) is 0 Å². The van der Waals surface area contributed by atoms with Gasteiger partial charge in [-0.05, 0) is 19.1 Å². The highest BCUT2D eigenvalue weighted by Gasteiger charge is 2.16. The molecule has 6 nitrogen and oxygen atoms in total. The van der Waals surface area contributed by atoms with Crippen LogP contribution in [0.1, 0.15) is 25.6 Å². The zero-order valence-corrected chi connectivity index (χ0v) is 12.2. The van der Waals surface area contributed by atoms with Crippen molar-refractivity contribution < 1.29 is 17.6 Å². The van der Waals surface area contributed by atoms with Gasteiger partial charge in [0.1, 0.15) is 5.76 Å². The second kappa shape index (κ2) is 6.60. The number of carbonyl (C=O) groups is 1. The van der Waals surface area contributed by atoms with Gasteiger partial charge in [0.25, 0.3) is 0 Å². The van der Waals surface area contributed by atoms with E-state index < -0.39 is 9.84 Å². The smallest absolute Gasteiger partial charge is 0.317 e. The van der Waals surface area contributed by atoms with E-state index >= 15 is 0 Å². The number of urea groups is 1. The van der Waals surface area contributed by atoms with Gasteiger partial charge in [-0.25, -0.2) is 13.2 Å². The molecule has 1 N–H and O–H groups in total.